The van der Waals surface area contributed by atoms with E-state index in [0.717, 1.165) is 6.67 Å². The second-order valence-electron chi connectivity index (χ2n) is 2.28. The fourth-order valence-corrected chi connectivity index (χ4v) is 0.352. The van der Waals surface area contributed by atoms with Crippen LogP contribution in [0.25, 0.3) is 0 Å². The summed E-state index contributed by atoms with van der Waals surface area (Å²) in [5.41, 5.74) is 6.11. The lowest BCUT2D eigenvalue weighted by Gasteiger charge is -2.16. The Morgan fingerprint density at radius 1 is 0.889 bits per heavy atom. The van der Waals surface area contributed by atoms with Gasteiger partial charge in [-0.15, -0.1) is 0 Å². The normalized spacial score (nSPS) is 11.3. The lowest BCUT2D eigenvalue weighted by molar-refractivity contribution is 0.208. The number of nitrogens with one attached hydrogen (secondary N) is 2. The molecule has 0 fully saturated rings. The smallest absolute Gasteiger partial charge is 0.0725 e. The van der Waals surface area contributed by atoms with Crippen molar-refractivity contribution in [2.75, 3.05) is 34.9 Å². The molecular formula is C5H16N4. The molecule has 0 bridgehead atoms. The predicted octanol–water partition coefficient (Wildman–Crippen LogP) is -0.924. The quantitative estimate of drug-likeness (QED) is 0.382. The summed E-state index contributed by atoms with van der Waals surface area (Å²) in [4.78, 5) is 0. The zero-order valence-corrected chi connectivity index (χ0v) is 6.60. The van der Waals surface area contributed by atoms with Gasteiger partial charge in [0.2, 0.25) is 0 Å². The zero-order chi connectivity index (χ0) is 7.28. The maximum absolute atomic E-state index is 3.06. The first-order chi connectivity index (χ1) is 4.13. The molecule has 0 saturated heterocycles. The molecule has 0 saturated carbocycles. The molecule has 0 atom stereocenters. The molecule has 9 heavy (non-hydrogen) atoms. The van der Waals surface area contributed by atoms with Crippen LogP contribution in [-0.2, 0) is 0 Å². The maximum Gasteiger partial charge on any atom is 0.0725 e. The zero-order valence-electron chi connectivity index (χ0n) is 6.60. The molecule has 0 aliphatic carbocycles. The van der Waals surface area contributed by atoms with E-state index in [1.165, 1.54) is 0 Å². The van der Waals surface area contributed by atoms with Crippen molar-refractivity contribution in [2.24, 2.45) is 0 Å². The first-order valence-electron chi connectivity index (χ1n) is 2.94. The predicted molar refractivity (Wildman–Crippen MR) is 38.5 cm³/mol. The molecule has 0 aliphatic rings. The van der Waals surface area contributed by atoms with Crippen LogP contribution in [0.4, 0.5) is 0 Å². The van der Waals surface area contributed by atoms with Crippen molar-refractivity contribution in [3.8, 4) is 0 Å². The summed E-state index contributed by atoms with van der Waals surface area (Å²) in [6, 6.07) is 0. The third-order valence-corrected chi connectivity index (χ3v) is 0.791. The van der Waals surface area contributed by atoms with Gasteiger partial charge in [0.15, 0.2) is 0 Å². The topological polar surface area (TPSA) is 30.5 Å². The van der Waals surface area contributed by atoms with Gasteiger partial charge in [-0.05, 0) is 0 Å². The second kappa shape index (κ2) is 4.69. The third kappa shape index (κ3) is 7.84. The van der Waals surface area contributed by atoms with Crippen LogP contribution in [0.1, 0.15) is 0 Å². The molecule has 4 nitrogen and oxygen atoms in total. The van der Waals surface area contributed by atoms with E-state index in [9.17, 15) is 0 Å². The van der Waals surface area contributed by atoms with Crippen molar-refractivity contribution in [3.63, 3.8) is 0 Å². The number of rotatable bonds is 4. The molecule has 56 valence electrons. The molecule has 0 aromatic carbocycles. The van der Waals surface area contributed by atoms with Gasteiger partial charge in [0.25, 0.3) is 0 Å². The standard InChI is InChI=1S/C5H16N4/c1-8(2)6-5-7-9(3)4/h6-7H,5H2,1-4H3. The van der Waals surface area contributed by atoms with E-state index in [0.29, 0.717) is 0 Å². The number of hydrogen-bond donors (Lipinski definition) is 2. The minimum absolute atomic E-state index is 0.764. The summed E-state index contributed by atoms with van der Waals surface area (Å²) in [5.74, 6) is 0. The summed E-state index contributed by atoms with van der Waals surface area (Å²) >= 11 is 0. The average Bonchev–Trinajstić information content (AvgIpc) is 1.63. The summed E-state index contributed by atoms with van der Waals surface area (Å²) in [7, 11) is 7.82. The van der Waals surface area contributed by atoms with Crippen molar-refractivity contribution in [2.45, 2.75) is 0 Å². The van der Waals surface area contributed by atoms with E-state index in [2.05, 4.69) is 10.9 Å². The van der Waals surface area contributed by atoms with Crippen LogP contribution in [0.3, 0.4) is 0 Å². The molecule has 0 aliphatic heterocycles. The second-order valence-corrected chi connectivity index (χ2v) is 2.28. The molecule has 0 unspecified atom stereocenters. The Balaban J connectivity index is 2.91. The minimum atomic E-state index is 0.764. The van der Waals surface area contributed by atoms with E-state index in [1.807, 2.05) is 38.2 Å². The van der Waals surface area contributed by atoms with Gasteiger partial charge in [-0.25, -0.2) is 20.9 Å². The van der Waals surface area contributed by atoms with Gasteiger partial charge in [-0.2, -0.15) is 0 Å². The van der Waals surface area contributed by atoms with Crippen LogP contribution in [0, 0.1) is 0 Å². The summed E-state index contributed by atoms with van der Waals surface area (Å²) < 4.78 is 0. The van der Waals surface area contributed by atoms with Crippen LogP contribution in [0.15, 0.2) is 0 Å². The van der Waals surface area contributed by atoms with E-state index in [-0.39, 0.29) is 0 Å². The van der Waals surface area contributed by atoms with Gasteiger partial charge in [-0.3, -0.25) is 0 Å². The van der Waals surface area contributed by atoms with Crippen LogP contribution >= 0.6 is 0 Å². The molecule has 0 spiro atoms. The fourth-order valence-electron chi connectivity index (χ4n) is 0.352. The van der Waals surface area contributed by atoms with Crippen LogP contribution < -0.4 is 10.9 Å². The Bertz CT molecular complexity index is 54.0. The number of nitrogens with zero attached hydrogens (tertiary/aromatic N) is 2. The Labute approximate surface area is 56.8 Å². The first kappa shape index (κ1) is 8.84. The van der Waals surface area contributed by atoms with Gasteiger partial charge >= 0.3 is 0 Å². The highest BCUT2D eigenvalue weighted by Gasteiger charge is 1.86. The molecule has 0 aromatic rings. The van der Waals surface area contributed by atoms with Crippen LogP contribution in [-0.4, -0.2) is 44.9 Å². The highest BCUT2D eigenvalue weighted by atomic mass is 15.6. The fraction of sp³-hybridized carbons (Fsp3) is 1.00. The summed E-state index contributed by atoms with van der Waals surface area (Å²) in [6.45, 7) is 0.764. The Hall–Kier alpha value is -0.160. The molecule has 0 amide bonds. The van der Waals surface area contributed by atoms with E-state index in [4.69, 9.17) is 0 Å². The van der Waals surface area contributed by atoms with E-state index in [1.54, 1.807) is 0 Å². The Morgan fingerprint density at radius 2 is 1.22 bits per heavy atom. The SMILES string of the molecule is CN(C)NCNN(C)C. The van der Waals surface area contributed by atoms with Crippen molar-refractivity contribution in [1.82, 2.24) is 20.9 Å². The highest BCUT2D eigenvalue weighted by molar-refractivity contribution is 4.31. The average molecular weight is 132 g/mol. The molecule has 0 radical (unpaired) electrons. The number of hydrazine groups is 2. The molecule has 2 N–H and O–H groups in total. The summed E-state index contributed by atoms with van der Waals surface area (Å²) in [6.07, 6.45) is 0. The lowest BCUT2D eigenvalue weighted by atomic mass is 11.0. The molecule has 4 heteroatoms. The Morgan fingerprint density at radius 3 is 1.44 bits per heavy atom. The molecule has 0 heterocycles. The van der Waals surface area contributed by atoms with Gasteiger partial charge < -0.3 is 0 Å². The molecular weight excluding hydrogens is 116 g/mol. The maximum atomic E-state index is 3.06. The van der Waals surface area contributed by atoms with Gasteiger partial charge in [0.05, 0.1) is 6.67 Å². The monoisotopic (exact) mass is 132 g/mol. The lowest BCUT2D eigenvalue weighted by Crippen LogP contribution is -2.43. The molecule has 0 aromatic heterocycles. The van der Waals surface area contributed by atoms with Crippen molar-refractivity contribution < 1.29 is 0 Å². The highest BCUT2D eigenvalue weighted by Crippen LogP contribution is 1.61. The first-order valence-corrected chi connectivity index (χ1v) is 2.94. The molecule has 0 rings (SSSR count). The van der Waals surface area contributed by atoms with Gasteiger partial charge in [-0.1, -0.05) is 0 Å². The van der Waals surface area contributed by atoms with E-state index >= 15 is 0 Å². The largest absolute Gasteiger partial charge is 0.249 e. The Kier molecular flexibility index (Phi) is 4.61. The summed E-state index contributed by atoms with van der Waals surface area (Å²) in [5, 5.41) is 3.80. The van der Waals surface area contributed by atoms with Crippen LogP contribution in [0.2, 0.25) is 0 Å². The van der Waals surface area contributed by atoms with Crippen molar-refractivity contribution >= 4 is 0 Å². The van der Waals surface area contributed by atoms with Crippen molar-refractivity contribution in [3.05, 3.63) is 0 Å². The van der Waals surface area contributed by atoms with Gasteiger partial charge in [0, 0.05) is 28.2 Å². The number of hydrogen-bond acceptors (Lipinski definition) is 4. The minimum Gasteiger partial charge on any atom is -0.249 e. The van der Waals surface area contributed by atoms with E-state index < -0.39 is 0 Å². The third-order valence-electron chi connectivity index (χ3n) is 0.791. The van der Waals surface area contributed by atoms with Gasteiger partial charge in [0.1, 0.15) is 0 Å². The van der Waals surface area contributed by atoms with Crippen molar-refractivity contribution in [1.29, 1.82) is 0 Å². The van der Waals surface area contributed by atoms with Crippen LogP contribution in [0.5, 0.6) is 0 Å².